The van der Waals surface area contributed by atoms with Crippen molar-refractivity contribution in [2.75, 3.05) is 26.2 Å². The molecule has 0 bridgehead atoms. The zero-order valence-corrected chi connectivity index (χ0v) is 18.7. The van der Waals surface area contributed by atoms with E-state index in [0.717, 1.165) is 44.1 Å². The first kappa shape index (κ1) is 22.4. The fraction of sp³-hybridized carbons (Fsp3) is 0.667. The van der Waals surface area contributed by atoms with Gasteiger partial charge in [0.25, 0.3) is 0 Å². The predicted molar refractivity (Wildman–Crippen MR) is 117 cm³/mol. The minimum Gasteiger partial charge on any atom is -0.357 e. The third kappa shape index (κ3) is 7.27. The SMILES string of the molecule is CCNC(=NCCc1ccc(Cl)nc1)NC1CN(C(C)C)CC1C.I. The molecule has 1 aliphatic rings. The van der Waals surface area contributed by atoms with Gasteiger partial charge in [-0.15, -0.1) is 24.0 Å². The van der Waals surface area contributed by atoms with Crippen LogP contribution >= 0.6 is 35.6 Å². The van der Waals surface area contributed by atoms with Gasteiger partial charge in [0.05, 0.1) is 0 Å². The Kier molecular flexibility index (Phi) is 10.0. The Labute approximate surface area is 174 Å². The van der Waals surface area contributed by atoms with Gasteiger partial charge in [0.15, 0.2) is 5.96 Å². The van der Waals surface area contributed by atoms with E-state index in [1.54, 1.807) is 0 Å². The van der Waals surface area contributed by atoms with E-state index in [2.05, 4.69) is 48.2 Å². The summed E-state index contributed by atoms with van der Waals surface area (Å²) < 4.78 is 0. The van der Waals surface area contributed by atoms with Crippen molar-refractivity contribution in [2.45, 2.75) is 46.2 Å². The lowest BCUT2D eigenvalue weighted by atomic mass is 10.1. The number of hydrogen-bond acceptors (Lipinski definition) is 3. The number of likely N-dealkylation sites (tertiary alicyclic amines) is 1. The number of guanidine groups is 1. The van der Waals surface area contributed by atoms with Gasteiger partial charge in [-0.05, 0) is 44.7 Å². The molecule has 142 valence electrons. The highest BCUT2D eigenvalue weighted by atomic mass is 127. The Bertz CT molecular complexity index is 535. The molecule has 5 nitrogen and oxygen atoms in total. The maximum absolute atomic E-state index is 5.82. The van der Waals surface area contributed by atoms with Gasteiger partial charge in [-0.2, -0.15) is 0 Å². The molecule has 2 heterocycles. The normalized spacial score (nSPS) is 21.3. The zero-order chi connectivity index (χ0) is 17.5. The largest absolute Gasteiger partial charge is 0.357 e. The van der Waals surface area contributed by atoms with Gasteiger partial charge < -0.3 is 10.6 Å². The van der Waals surface area contributed by atoms with Crippen LogP contribution in [0, 0.1) is 5.92 Å². The number of nitrogens with zero attached hydrogens (tertiary/aromatic N) is 3. The summed E-state index contributed by atoms with van der Waals surface area (Å²) in [6.07, 6.45) is 2.68. The lowest BCUT2D eigenvalue weighted by molar-refractivity contribution is 0.265. The van der Waals surface area contributed by atoms with Crippen molar-refractivity contribution in [3.8, 4) is 0 Å². The second kappa shape index (κ2) is 11.2. The highest BCUT2D eigenvalue weighted by Crippen LogP contribution is 2.18. The first-order valence-electron chi connectivity index (χ1n) is 8.89. The average Bonchev–Trinajstić information content (AvgIpc) is 2.91. The van der Waals surface area contributed by atoms with Crippen molar-refractivity contribution in [1.29, 1.82) is 0 Å². The van der Waals surface area contributed by atoms with Crippen LogP contribution in [0.2, 0.25) is 5.15 Å². The van der Waals surface area contributed by atoms with Crippen LogP contribution in [0.5, 0.6) is 0 Å². The van der Waals surface area contributed by atoms with E-state index < -0.39 is 0 Å². The molecule has 1 aliphatic heterocycles. The summed E-state index contributed by atoms with van der Waals surface area (Å²) in [6, 6.07) is 4.87. The molecular formula is C18H31ClIN5. The monoisotopic (exact) mass is 479 g/mol. The predicted octanol–water partition coefficient (Wildman–Crippen LogP) is 3.18. The Hall–Kier alpha value is -0.600. The van der Waals surface area contributed by atoms with Crippen molar-refractivity contribution in [3.05, 3.63) is 29.0 Å². The summed E-state index contributed by atoms with van der Waals surface area (Å²) in [7, 11) is 0. The first-order valence-corrected chi connectivity index (χ1v) is 9.26. The van der Waals surface area contributed by atoms with E-state index in [1.807, 2.05) is 18.3 Å². The van der Waals surface area contributed by atoms with E-state index in [9.17, 15) is 0 Å². The second-order valence-electron chi connectivity index (χ2n) is 6.78. The zero-order valence-electron chi connectivity index (χ0n) is 15.6. The number of rotatable bonds is 6. The van der Waals surface area contributed by atoms with Gasteiger partial charge in [0.2, 0.25) is 0 Å². The number of halogens is 2. The van der Waals surface area contributed by atoms with Crippen molar-refractivity contribution in [2.24, 2.45) is 10.9 Å². The van der Waals surface area contributed by atoms with Gasteiger partial charge >= 0.3 is 0 Å². The molecule has 7 heteroatoms. The smallest absolute Gasteiger partial charge is 0.191 e. The van der Waals surface area contributed by atoms with Crippen LogP contribution in [0.25, 0.3) is 0 Å². The molecule has 0 aromatic carbocycles. The Morgan fingerprint density at radius 3 is 2.72 bits per heavy atom. The van der Waals surface area contributed by atoms with Gasteiger partial charge in [-0.1, -0.05) is 24.6 Å². The van der Waals surface area contributed by atoms with Crippen LogP contribution in [0.4, 0.5) is 0 Å². The maximum Gasteiger partial charge on any atom is 0.191 e. The fourth-order valence-corrected chi connectivity index (χ4v) is 3.07. The minimum atomic E-state index is 0. The minimum absolute atomic E-state index is 0. The van der Waals surface area contributed by atoms with Gasteiger partial charge in [-0.25, -0.2) is 4.98 Å². The number of aliphatic imine (C=N–C) groups is 1. The Morgan fingerprint density at radius 1 is 1.40 bits per heavy atom. The molecule has 2 unspecified atom stereocenters. The van der Waals surface area contributed by atoms with Crippen LogP contribution in [0.1, 0.15) is 33.3 Å². The molecule has 0 spiro atoms. The maximum atomic E-state index is 5.82. The van der Waals surface area contributed by atoms with E-state index in [4.69, 9.17) is 16.6 Å². The topological polar surface area (TPSA) is 52.6 Å². The molecule has 1 fully saturated rings. The van der Waals surface area contributed by atoms with E-state index in [1.165, 1.54) is 0 Å². The molecule has 0 radical (unpaired) electrons. The van der Waals surface area contributed by atoms with Crippen LogP contribution in [0.15, 0.2) is 23.3 Å². The summed E-state index contributed by atoms with van der Waals surface area (Å²) in [6.45, 7) is 12.7. The molecule has 2 rings (SSSR count). The quantitative estimate of drug-likeness (QED) is 0.285. The highest BCUT2D eigenvalue weighted by molar-refractivity contribution is 14.0. The number of aromatic nitrogens is 1. The first-order chi connectivity index (χ1) is 11.5. The average molecular weight is 480 g/mol. The molecule has 1 saturated heterocycles. The lowest BCUT2D eigenvalue weighted by Crippen LogP contribution is -2.46. The summed E-state index contributed by atoms with van der Waals surface area (Å²) >= 11 is 5.82. The van der Waals surface area contributed by atoms with Crippen molar-refractivity contribution in [1.82, 2.24) is 20.5 Å². The highest BCUT2D eigenvalue weighted by Gasteiger charge is 2.31. The standard InChI is InChI=1S/C18H30ClN5.HI/c1-5-20-18(21-9-8-15-6-7-17(19)22-10-15)23-16-12-24(13(2)3)11-14(16)4;/h6-7,10,13-14,16H,5,8-9,11-12H2,1-4H3,(H2,20,21,23);1H. The van der Waals surface area contributed by atoms with Crippen molar-refractivity contribution >= 4 is 41.5 Å². The van der Waals surface area contributed by atoms with E-state index in [-0.39, 0.29) is 24.0 Å². The van der Waals surface area contributed by atoms with Gasteiger partial charge in [-0.3, -0.25) is 9.89 Å². The summed E-state index contributed by atoms with van der Waals surface area (Å²) in [5.74, 6) is 1.53. The Balaban J connectivity index is 0.00000312. The molecule has 0 amide bonds. The van der Waals surface area contributed by atoms with Crippen LogP contribution < -0.4 is 10.6 Å². The molecule has 2 N–H and O–H groups in total. The Morgan fingerprint density at radius 2 is 2.16 bits per heavy atom. The molecular weight excluding hydrogens is 449 g/mol. The van der Waals surface area contributed by atoms with E-state index in [0.29, 0.717) is 23.2 Å². The lowest BCUT2D eigenvalue weighted by Gasteiger charge is -2.22. The van der Waals surface area contributed by atoms with Crippen molar-refractivity contribution < 1.29 is 0 Å². The van der Waals surface area contributed by atoms with Crippen LogP contribution in [-0.4, -0.2) is 54.1 Å². The molecule has 1 aromatic rings. The molecule has 1 aromatic heterocycles. The fourth-order valence-electron chi connectivity index (χ4n) is 2.96. The van der Waals surface area contributed by atoms with E-state index >= 15 is 0 Å². The third-order valence-corrected chi connectivity index (χ3v) is 4.72. The van der Waals surface area contributed by atoms with Gasteiger partial charge in [0.1, 0.15) is 5.15 Å². The van der Waals surface area contributed by atoms with Crippen LogP contribution in [-0.2, 0) is 6.42 Å². The molecule has 2 atom stereocenters. The number of pyridine rings is 1. The van der Waals surface area contributed by atoms with Gasteiger partial charge in [0, 0.05) is 44.5 Å². The molecule has 0 saturated carbocycles. The summed E-state index contributed by atoms with van der Waals surface area (Å²) in [4.78, 5) is 11.3. The van der Waals surface area contributed by atoms with Crippen molar-refractivity contribution in [3.63, 3.8) is 0 Å². The molecule has 25 heavy (non-hydrogen) atoms. The van der Waals surface area contributed by atoms with Crippen LogP contribution in [0.3, 0.4) is 0 Å². The molecule has 0 aliphatic carbocycles. The number of hydrogen-bond donors (Lipinski definition) is 2. The third-order valence-electron chi connectivity index (χ3n) is 4.50. The summed E-state index contributed by atoms with van der Waals surface area (Å²) in [5.41, 5.74) is 1.15. The number of nitrogens with one attached hydrogen (secondary N) is 2. The summed E-state index contributed by atoms with van der Waals surface area (Å²) in [5, 5.41) is 7.49. The second-order valence-corrected chi connectivity index (χ2v) is 7.16.